The van der Waals surface area contributed by atoms with Gasteiger partial charge in [0.05, 0.1) is 0 Å². The number of hydrogen-bond donors (Lipinski definition) is 1. The zero-order valence-electron chi connectivity index (χ0n) is 10.4. The molecule has 1 aromatic carbocycles. The summed E-state index contributed by atoms with van der Waals surface area (Å²) in [5.74, 6) is 1.15. The van der Waals surface area contributed by atoms with E-state index in [2.05, 4.69) is 49.4 Å². The maximum atomic E-state index is 5.87. The third-order valence-electron chi connectivity index (χ3n) is 2.87. The molecule has 0 spiro atoms. The number of rotatable bonds is 6. The maximum absolute atomic E-state index is 5.87. The van der Waals surface area contributed by atoms with Crippen molar-refractivity contribution in [2.75, 3.05) is 32.1 Å². The molecule has 90 valence electrons. The largest absolute Gasteiger partial charge is 0.329 e. The molecule has 0 aliphatic heterocycles. The Kier molecular flexibility index (Phi) is 5.88. The van der Waals surface area contributed by atoms with Gasteiger partial charge in [-0.2, -0.15) is 11.8 Å². The van der Waals surface area contributed by atoms with Crippen LogP contribution in [0.4, 0.5) is 0 Å². The normalized spacial score (nSPS) is 13.1. The van der Waals surface area contributed by atoms with Gasteiger partial charge in [0.1, 0.15) is 0 Å². The molecule has 3 heteroatoms. The lowest BCUT2D eigenvalue weighted by atomic mass is 10.0. The van der Waals surface area contributed by atoms with Gasteiger partial charge in [0.15, 0.2) is 0 Å². The van der Waals surface area contributed by atoms with Crippen LogP contribution in [0.25, 0.3) is 0 Å². The van der Waals surface area contributed by atoms with Crippen LogP contribution in [0.1, 0.15) is 17.2 Å². The summed E-state index contributed by atoms with van der Waals surface area (Å²) in [7, 11) is 2.15. The van der Waals surface area contributed by atoms with Crippen LogP contribution in [-0.2, 0) is 0 Å². The van der Waals surface area contributed by atoms with Crippen LogP contribution in [0.15, 0.2) is 24.3 Å². The zero-order valence-corrected chi connectivity index (χ0v) is 11.3. The first kappa shape index (κ1) is 13.6. The number of likely N-dealkylation sites (N-methyl/N-ethyl adjacent to an activating group) is 1. The molecule has 2 N–H and O–H groups in total. The monoisotopic (exact) mass is 238 g/mol. The number of thioether (sulfide) groups is 1. The third kappa shape index (κ3) is 3.81. The first-order valence-corrected chi connectivity index (χ1v) is 7.04. The minimum absolute atomic E-state index is 0.341. The zero-order chi connectivity index (χ0) is 12.0. The van der Waals surface area contributed by atoms with E-state index in [1.807, 2.05) is 11.8 Å². The van der Waals surface area contributed by atoms with Crippen LogP contribution in [0.5, 0.6) is 0 Å². The Hall–Kier alpha value is -0.510. The van der Waals surface area contributed by atoms with Gasteiger partial charge in [0, 0.05) is 24.9 Å². The second-order valence-corrected chi connectivity index (χ2v) is 5.12. The van der Waals surface area contributed by atoms with Gasteiger partial charge in [0.2, 0.25) is 0 Å². The van der Waals surface area contributed by atoms with E-state index in [0.29, 0.717) is 12.6 Å². The molecule has 0 aromatic heterocycles. The fraction of sp³-hybridized carbons (Fsp3) is 0.538. The fourth-order valence-electron chi connectivity index (χ4n) is 1.75. The van der Waals surface area contributed by atoms with E-state index < -0.39 is 0 Å². The van der Waals surface area contributed by atoms with E-state index in [0.717, 1.165) is 12.3 Å². The van der Waals surface area contributed by atoms with Gasteiger partial charge in [-0.05, 0) is 25.8 Å². The third-order valence-corrected chi connectivity index (χ3v) is 3.46. The number of nitrogens with two attached hydrogens (primary N) is 1. The van der Waals surface area contributed by atoms with Crippen molar-refractivity contribution in [1.29, 1.82) is 0 Å². The number of aryl methyl sites for hydroxylation is 1. The molecule has 1 rings (SSSR count). The van der Waals surface area contributed by atoms with Gasteiger partial charge in [-0.3, -0.25) is 4.90 Å². The minimum Gasteiger partial charge on any atom is -0.329 e. The molecule has 2 nitrogen and oxygen atoms in total. The molecule has 0 saturated heterocycles. The highest BCUT2D eigenvalue weighted by Crippen LogP contribution is 2.18. The van der Waals surface area contributed by atoms with E-state index in [-0.39, 0.29) is 0 Å². The summed E-state index contributed by atoms with van der Waals surface area (Å²) < 4.78 is 0. The first-order chi connectivity index (χ1) is 7.69. The van der Waals surface area contributed by atoms with E-state index in [1.54, 1.807) is 0 Å². The van der Waals surface area contributed by atoms with Crippen molar-refractivity contribution >= 4 is 11.8 Å². The predicted octanol–water partition coefficient (Wildman–Crippen LogP) is 2.29. The summed E-state index contributed by atoms with van der Waals surface area (Å²) in [6, 6.07) is 9.01. The molecule has 0 fully saturated rings. The van der Waals surface area contributed by atoms with Crippen LogP contribution in [-0.4, -0.2) is 37.0 Å². The molecule has 1 unspecified atom stereocenters. The van der Waals surface area contributed by atoms with Crippen LogP contribution in [0.3, 0.4) is 0 Å². The van der Waals surface area contributed by atoms with E-state index >= 15 is 0 Å². The van der Waals surface area contributed by atoms with E-state index in [9.17, 15) is 0 Å². The average Bonchev–Trinajstić information content (AvgIpc) is 2.30. The quantitative estimate of drug-likeness (QED) is 0.824. The van der Waals surface area contributed by atoms with Crippen molar-refractivity contribution in [2.45, 2.75) is 13.0 Å². The summed E-state index contributed by atoms with van der Waals surface area (Å²) in [6.45, 7) is 3.86. The summed E-state index contributed by atoms with van der Waals surface area (Å²) in [4.78, 5) is 2.33. The molecule has 16 heavy (non-hydrogen) atoms. The summed E-state index contributed by atoms with van der Waals surface area (Å²) >= 11 is 1.87. The fourth-order valence-corrected chi connectivity index (χ4v) is 2.22. The molecule has 0 bridgehead atoms. The highest BCUT2D eigenvalue weighted by Gasteiger charge is 2.14. The first-order valence-electron chi connectivity index (χ1n) is 5.65. The standard InChI is InChI=1S/C13H22N2S/c1-11-4-6-12(7-5-11)13(10-14)15(2)8-9-16-3/h4-7,13H,8-10,14H2,1-3H3. The van der Waals surface area contributed by atoms with E-state index in [4.69, 9.17) is 5.73 Å². The van der Waals surface area contributed by atoms with E-state index in [1.165, 1.54) is 11.1 Å². The molecule has 1 aromatic rings. The number of hydrogen-bond acceptors (Lipinski definition) is 3. The molecule has 0 radical (unpaired) electrons. The van der Waals surface area contributed by atoms with Gasteiger partial charge < -0.3 is 5.73 Å². The minimum atomic E-state index is 0.341. The highest BCUT2D eigenvalue weighted by atomic mass is 32.2. The van der Waals surface area contributed by atoms with Gasteiger partial charge in [-0.25, -0.2) is 0 Å². The lowest BCUT2D eigenvalue weighted by Gasteiger charge is -2.27. The molecule has 0 aliphatic carbocycles. The summed E-state index contributed by atoms with van der Waals surface area (Å²) in [5.41, 5.74) is 8.48. The smallest absolute Gasteiger partial charge is 0.0467 e. The van der Waals surface area contributed by atoms with Gasteiger partial charge >= 0.3 is 0 Å². The van der Waals surface area contributed by atoms with Crippen molar-refractivity contribution in [3.63, 3.8) is 0 Å². The van der Waals surface area contributed by atoms with Crippen molar-refractivity contribution in [3.05, 3.63) is 35.4 Å². The Bertz CT molecular complexity index is 297. The molecule has 0 saturated carbocycles. The Balaban J connectivity index is 2.69. The average molecular weight is 238 g/mol. The Labute approximate surface area is 103 Å². The summed E-state index contributed by atoms with van der Waals surface area (Å²) in [5, 5.41) is 0. The van der Waals surface area contributed by atoms with Crippen LogP contribution < -0.4 is 5.73 Å². The van der Waals surface area contributed by atoms with Crippen LogP contribution in [0.2, 0.25) is 0 Å². The molecular weight excluding hydrogens is 216 g/mol. The Morgan fingerprint density at radius 3 is 2.44 bits per heavy atom. The molecule has 0 amide bonds. The lowest BCUT2D eigenvalue weighted by molar-refractivity contribution is 0.265. The Morgan fingerprint density at radius 1 is 1.31 bits per heavy atom. The van der Waals surface area contributed by atoms with Crippen molar-refractivity contribution in [2.24, 2.45) is 5.73 Å². The van der Waals surface area contributed by atoms with Gasteiger partial charge in [0.25, 0.3) is 0 Å². The summed E-state index contributed by atoms with van der Waals surface area (Å²) in [6.07, 6.45) is 2.14. The van der Waals surface area contributed by atoms with Gasteiger partial charge in [-0.15, -0.1) is 0 Å². The predicted molar refractivity (Wildman–Crippen MR) is 74.0 cm³/mol. The second kappa shape index (κ2) is 6.94. The number of benzene rings is 1. The lowest BCUT2D eigenvalue weighted by Crippen LogP contribution is -2.32. The SMILES string of the molecule is CSCCN(C)C(CN)c1ccc(C)cc1. The topological polar surface area (TPSA) is 29.3 Å². The molecular formula is C13H22N2S. The van der Waals surface area contributed by atoms with Crippen LogP contribution in [0, 0.1) is 6.92 Å². The van der Waals surface area contributed by atoms with Gasteiger partial charge in [-0.1, -0.05) is 29.8 Å². The van der Waals surface area contributed by atoms with Crippen molar-refractivity contribution in [3.8, 4) is 0 Å². The Morgan fingerprint density at radius 2 is 1.94 bits per heavy atom. The number of nitrogens with zero attached hydrogens (tertiary/aromatic N) is 1. The molecule has 0 heterocycles. The van der Waals surface area contributed by atoms with Crippen molar-refractivity contribution < 1.29 is 0 Å². The molecule has 0 aliphatic rings. The highest BCUT2D eigenvalue weighted by molar-refractivity contribution is 7.98. The second-order valence-electron chi connectivity index (χ2n) is 4.14. The molecule has 1 atom stereocenters. The van der Waals surface area contributed by atoms with Crippen LogP contribution >= 0.6 is 11.8 Å². The van der Waals surface area contributed by atoms with Crippen molar-refractivity contribution in [1.82, 2.24) is 4.90 Å². The maximum Gasteiger partial charge on any atom is 0.0467 e.